The number of benzene rings is 2. The molecule has 6 nitrogen and oxygen atoms in total. The molecule has 0 aliphatic heterocycles. The molecule has 1 aromatic heterocycles. The van der Waals surface area contributed by atoms with E-state index < -0.39 is 6.61 Å². The maximum atomic E-state index is 12.7. The van der Waals surface area contributed by atoms with E-state index in [9.17, 15) is 13.6 Å². The summed E-state index contributed by atoms with van der Waals surface area (Å²) in [5.74, 6) is -0.0217. The zero-order valence-corrected chi connectivity index (χ0v) is 17.0. The Hall–Kier alpha value is -3.42. The summed E-state index contributed by atoms with van der Waals surface area (Å²) in [6.07, 6.45) is 0.502. The van der Waals surface area contributed by atoms with Gasteiger partial charge in [0.2, 0.25) is 0 Å². The molecule has 2 aromatic carbocycles. The number of halogens is 2. The van der Waals surface area contributed by atoms with Crippen molar-refractivity contribution in [3.8, 4) is 17.2 Å². The van der Waals surface area contributed by atoms with Crippen molar-refractivity contribution in [2.75, 3.05) is 13.7 Å². The van der Waals surface area contributed by atoms with Crippen molar-refractivity contribution in [3.05, 3.63) is 71.0 Å². The number of rotatable bonds is 8. The van der Waals surface area contributed by atoms with E-state index in [1.54, 1.807) is 23.7 Å². The van der Waals surface area contributed by atoms with Crippen LogP contribution in [-0.2, 0) is 6.42 Å². The van der Waals surface area contributed by atoms with E-state index in [0.717, 1.165) is 16.9 Å². The molecule has 0 aliphatic rings. The molecule has 0 aliphatic carbocycles. The summed E-state index contributed by atoms with van der Waals surface area (Å²) < 4.78 is 36.1. The lowest BCUT2D eigenvalue weighted by molar-refractivity contribution is -0.0512. The van der Waals surface area contributed by atoms with E-state index in [0.29, 0.717) is 24.2 Å². The van der Waals surface area contributed by atoms with Crippen LogP contribution >= 0.6 is 0 Å². The Morgan fingerprint density at radius 1 is 1.13 bits per heavy atom. The quantitative estimate of drug-likeness (QED) is 0.602. The number of hydrogen-bond acceptors (Lipinski definition) is 4. The summed E-state index contributed by atoms with van der Waals surface area (Å²) >= 11 is 0. The minimum Gasteiger partial charge on any atom is -0.493 e. The number of nitrogens with zero attached hydrogens (tertiary/aromatic N) is 2. The van der Waals surface area contributed by atoms with Crippen molar-refractivity contribution >= 4 is 5.91 Å². The Morgan fingerprint density at radius 2 is 1.87 bits per heavy atom. The molecule has 0 bridgehead atoms. The Kier molecular flexibility index (Phi) is 6.66. The lowest BCUT2D eigenvalue weighted by atomic mass is 10.1. The molecule has 1 amide bonds. The number of ether oxygens (including phenoxy) is 2. The molecule has 8 heteroatoms. The highest BCUT2D eigenvalue weighted by atomic mass is 19.3. The number of methoxy groups -OCH3 is 1. The van der Waals surface area contributed by atoms with Gasteiger partial charge in [0.15, 0.2) is 11.5 Å². The van der Waals surface area contributed by atoms with Gasteiger partial charge in [0, 0.05) is 6.54 Å². The summed E-state index contributed by atoms with van der Waals surface area (Å²) in [5, 5.41) is 7.38. The standard InChI is InChI=1S/C22H23F2N3O3/c1-14-20(15(2)27(26-14)17-7-5-4-6-8-17)21(28)25-12-11-16-9-10-18(30-22(23)24)19(13-16)29-3/h4-10,13,22H,11-12H2,1-3H3,(H,25,28). The van der Waals surface area contributed by atoms with Crippen LogP contribution in [0.2, 0.25) is 0 Å². The first-order valence-electron chi connectivity index (χ1n) is 9.42. The number of aromatic nitrogens is 2. The van der Waals surface area contributed by atoms with E-state index in [4.69, 9.17) is 4.74 Å². The van der Waals surface area contributed by atoms with Crippen LogP contribution in [0.4, 0.5) is 8.78 Å². The topological polar surface area (TPSA) is 65.4 Å². The minimum atomic E-state index is -2.92. The molecule has 0 spiro atoms. The van der Waals surface area contributed by atoms with E-state index in [1.807, 2.05) is 37.3 Å². The SMILES string of the molecule is COc1cc(CCNC(=O)c2c(C)nn(-c3ccccc3)c2C)ccc1OC(F)F. The van der Waals surface area contributed by atoms with Gasteiger partial charge in [0.05, 0.1) is 29.7 Å². The highest BCUT2D eigenvalue weighted by molar-refractivity contribution is 5.96. The second kappa shape index (κ2) is 9.39. The monoisotopic (exact) mass is 415 g/mol. The van der Waals surface area contributed by atoms with E-state index in [2.05, 4.69) is 15.2 Å². The van der Waals surface area contributed by atoms with Crippen molar-refractivity contribution in [2.45, 2.75) is 26.9 Å². The smallest absolute Gasteiger partial charge is 0.387 e. The Balaban J connectivity index is 1.66. The van der Waals surface area contributed by atoms with Crippen LogP contribution < -0.4 is 14.8 Å². The number of amides is 1. The highest BCUT2D eigenvalue weighted by Gasteiger charge is 2.19. The van der Waals surface area contributed by atoms with Gasteiger partial charge in [-0.15, -0.1) is 0 Å². The van der Waals surface area contributed by atoms with Gasteiger partial charge in [-0.1, -0.05) is 24.3 Å². The predicted molar refractivity (Wildman–Crippen MR) is 109 cm³/mol. The summed E-state index contributed by atoms with van der Waals surface area (Å²) in [7, 11) is 1.38. The van der Waals surface area contributed by atoms with Crippen LogP contribution in [0.5, 0.6) is 11.5 Å². The van der Waals surface area contributed by atoms with Gasteiger partial charge in [-0.2, -0.15) is 13.9 Å². The van der Waals surface area contributed by atoms with Gasteiger partial charge >= 0.3 is 6.61 Å². The number of para-hydroxylation sites is 1. The van der Waals surface area contributed by atoms with Crippen molar-refractivity contribution in [1.29, 1.82) is 0 Å². The molecular formula is C22H23F2N3O3. The second-order valence-electron chi connectivity index (χ2n) is 6.66. The molecule has 0 atom stereocenters. The summed E-state index contributed by atoms with van der Waals surface area (Å²) in [6.45, 7) is 1.10. The maximum Gasteiger partial charge on any atom is 0.387 e. The fraction of sp³-hybridized carbons (Fsp3) is 0.273. The third kappa shape index (κ3) is 4.76. The average Bonchev–Trinajstić information content (AvgIpc) is 3.03. The van der Waals surface area contributed by atoms with Gasteiger partial charge in [-0.3, -0.25) is 4.79 Å². The van der Waals surface area contributed by atoms with E-state index in [1.165, 1.54) is 13.2 Å². The molecule has 158 valence electrons. The van der Waals surface area contributed by atoms with Gasteiger partial charge in [-0.05, 0) is 50.1 Å². The molecule has 0 radical (unpaired) electrons. The summed E-state index contributed by atoms with van der Waals surface area (Å²) in [5.41, 5.74) is 3.64. The van der Waals surface area contributed by atoms with Crippen molar-refractivity contribution in [2.24, 2.45) is 0 Å². The van der Waals surface area contributed by atoms with Gasteiger partial charge in [0.25, 0.3) is 5.91 Å². The molecule has 1 N–H and O–H groups in total. The molecule has 3 rings (SSSR count). The van der Waals surface area contributed by atoms with Crippen LogP contribution in [-0.4, -0.2) is 36.0 Å². The molecular weight excluding hydrogens is 392 g/mol. The third-order valence-corrected chi connectivity index (χ3v) is 4.66. The molecule has 1 heterocycles. The van der Waals surface area contributed by atoms with Crippen molar-refractivity contribution in [3.63, 3.8) is 0 Å². The number of nitrogens with one attached hydrogen (secondary N) is 1. The second-order valence-corrected chi connectivity index (χ2v) is 6.66. The number of aryl methyl sites for hydroxylation is 1. The Labute approximate surface area is 173 Å². The Bertz CT molecular complexity index is 1020. The first kappa shape index (κ1) is 21.3. The van der Waals surface area contributed by atoms with Gasteiger partial charge < -0.3 is 14.8 Å². The summed E-state index contributed by atoms with van der Waals surface area (Å²) in [6, 6.07) is 14.3. The number of carbonyl (C=O) groups is 1. The number of alkyl halides is 2. The van der Waals surface area contributed by atoms with Crippen LogP contribution in [0.3, 0.4) is 0 Å². The lowest BCUT2D eigenvalue weighted by Gasteiger charge is -2.12. The van der Waals surface area contributed by atoms with E-state index in [-0.39, 0.29) is 17.4 Å². The Morgan fingerprint density at radius 3 is 2.53 bits per heavy atom. The third-order valence-electron chi connectivity index (χ3n) is 4.66. The van der Waals surface area contributed by atoms with E-state index >= 15 is 0 Å². The fourth-order valence-corrected chi connectivity index (χ4v) is 3.26. The van der Waals surface area contributed by atoms with Crippen LogP contribution in [0.25, 0.3) is 5.69 Å². The molecule has 0 saturated heterocycles. The highest BCUT2D eigenvalue weighted by Crippen LogP contribution is 2.29. The van der Waals surface area contributed by atoms with Gasteiger partial charge in [-0.25, -0.2) is 4.68 Å². The number of carbonyl (C=O) groups excluding carboxylic acids is 1. The van der Waals surface area contributed by atoms with Crippen LogP contribution in [0, 0.1) is 13.8 Å². The molecule has 0 unspecified atom stereocenters. The molecule has 0 saturated carbocycles. The van der Waals surface area contributed by atoms with Gasteiger partial charge in [0.1, 0.15) is 0 Å². The number of hydrogen-bond donors (Lipinski definition) is 1. The largest absolute Gasteiger partial charge is 0.493 e. The minimum absolute atomic E-state index is 0.0279. The van der Waals surface area contributed by atoms with Crippen LogP contribution in [0.15, 0.2) is 48.5 Å². The molecule has 3 aromatic rings. The van der Waals surface area contributed by atoms with Crippen molar-refractivity contribution < 1.29 is 23.0 Å². The molecule has 30 heavy (non-hydrogen) atoms. The molecule has 0 fully saturated rings. The lowest BCUT2D eigenvalue weighted by Crippen LogP contribution is -2.26. The predicted octanol–water partition coefficient (Wildman–Crippen LogP) is 4.07. The average molecular weight is 415 g/mol. The zero-order chi connectivity index (χ0) is 21.7. The summed E-state index contributed by atoms with van der Waals surface area (Å²) in [4.78, 5) is 12.7. The zero-order valence-electron chi connectivity index (χ0n) is 17.0. The van der Waals surface area contributed by atoms with Crippen LogP contribution in [0.1, 0.15) is 27.3 Å². The normalized spacial score (nSPS) is 10.9. The maximum absolute atomic E-state index is 12.7. The fourth-order valence-electron chi connectivity index (χ4n) is 3.26. The first-order valence-corrected chi connectivity index (χ1v) is 9.42. The van der Waals surface area contributed by atoms with Crippen molar-refractivity contribution in [1.82, 2.24) is 15.1 Å². The first-order chi connectivity index (χ1) is 14.4.